The molecule has 2 aromatic rings. The minimum atomic E-state index is -3.62. The van der Waals surface area contributed by atoms with Crippen LogP contribution in [0.5, 0.6) is 0 Å². The van der Waals surface area contributed by atoms with Crippen molar-refractivity contribution in [2.24, 2.45) is 13.0 Å². The molecule has 1 atom stereocenters. The van der Waals surface area contributed by atoms with E-state index in [9.17, 15) is 18.3 Å². The number of carbonyl (C=O) groups is 1. The Morgan fingerprint density at radius 3 is 2.41 bits per heavy atom. The van der Waals surface area contributed by atoms with Gasteiger partial charge in [0, 0.05) is 45.1 Å². The number of nitrogens with zero attached hydrogens (tertiary/aromatic N) is 3. The maximum atomic E-state index is 12.8. The summed E-state index contributed by atoms with van der Waals surface area (Å²) in [6.07, 6.45) is 3.83. The van der Waals surface area contributed by atoms with Crippen molar-refractivity contribution >= 4 is 15.9 Å². The van der Waals surface area contributed by atoms with Crippen LogP contribution in [0.15, 0.2) is 41.6 Å². The minimum Gasteiger partial charge on any atom is -0.385 e. The number of amides is 1. The van der Waals surface area contributed by atoms with Crippen LogP contribution in [0.2, 0.25) is 0 Å². The summed E-state index contributed by atoms with van der Waals surface area (Å²) in [7, 11) is -0.272. The summed E-state index contributed by atoms with van der Waals surface area (Å²) in [6.45, 7) is 0.678. The van der Waals surface area contributed by atoms with Gasteiger partial charge in [-0.25, -0.2) is 13.4 Å². The van der Waals surface area contributed by atoms with E-state index < -0.39 is 16.1 Å². The van der Waals surface area contributed by atoms with E-state index in [2.05, 4.69) is 10.3 Å². The third kappa shape index (κ3) is 3.90. The largest absolute Gasteiger partial charge is 0.385 e. The summed E-state index contributed by atoms with van der Waals surface area (Å²) >= 11 is 0. The van der Waals surface area contributed by atoms with Crippen molar-refractivity contribution in [1.29, 1.82) is 0 Å². The zero-order chi connectivity index (χ0) is 19.6. The van der Waals surface area contributed by atoms with Crippen molar-refractivity contribution in [3.05, 3.63) is 48.0 Å². The number of rotatable bonds is 5. The highest BCUT2D eigenvalue weighted by atomic mass is 32.2. The van der Waals surface area contributed by atoms with Crippen molar-refractivity contribution in [3.8, 4) is 0 Å². The van der Waals surface area contributed by atoms with Gasteiger partial charge in [0.25, 0.3) is 5.91 Å². The Balaban J connectivity index is 1.67. The van der Waals surface area contributed by atoms with Crippen LogP contribution in [0.1, 0.15) is 35.1 Å². The zero-order valence-corrected chi connectivity index (χ0v) is 16.2. The zero-order valence-electron chi connectivity index (χ0n) is 15.4. The first kappa shape index (κ1) is 19.5. The smallest absolute Gasteiger partial charge is 0.251 e. The molecule has 2 heterocycles. The van der Waals surface area contributed by atoms with Gasteiger partial charge in [0.1, 0.15) is 11.9 Å². The molecule has 1 aliphatic rings. The van der Waals surface area contributed by atoms with Gasteiger partial charge in [-0.1, -0.05) is 0 Å². The van der Waals surface area contributed by atoms with E-state index in [1.807, 2.05) is 7.05 Å². The monoisotopic (exact) mass is 392 g/mol. The van der Waals surface area contributed by atoms with Crippen molar-refractivity contribution in [2.45, 2.75) is 23.8 Å². The quantitative estimate of drug-likeness (QED) is 0.787. The Labute approximate surface area is 158 Å². The Hall–Kier alpha value is -2.23. The normalized spacial score (nSPS) is 17.6. The lowest BCUT2D eigenvalue weighted by atomic mass is 9.92. The lowest BCUT2D eigenvalue weighted by molar-refractivity contribution is 0.0668. The first-order valence-corrected chi connectivity index (χ1v) is 10.3. The number of aliphatic hydroxyl groups excluding tert-OH is 1. The molecule has 3 rings (SSSR count). The number of aryl methyl sites for hydroxylation is 1. The van der Waals surface area contributed by atoms with Crippen molar-refractivity contribution in [2.75, 3.05) is 20.1 Å². The third-order valence-electron chi connectivity index (χ3n) is 5.05. The topological polar surface area (TPSA) is 105 Å². The van der Waals surface area contributed by atoms with E-state index >= 15 is 0 Å². The van der Waals surface area contributed by atoms with Gasteiger partial charge in [-0.15, -0.1) is 0 Å². The predicted octanol–water partition coefficient (Wildman–Crippen LogP) is 0.914. The lowest BCUT2D eigenvalue weighted by Gasteiger charge is -2.33. The van der Waals surface area contributed by atoms with Gasteiger partial charge in [0.05, 0.1) is 4.90 Å². The molecule has 0 radical (unpaired) electrons. The van der Waals surface area contributed by atoms with Gasteiger partial charge in [0.15, 0.2) is 0 Å². The van der Waals surface area contributed by atoms with Gasteiger partial charge in [-0.3, -0.25) is 4.79 Å². The fraction of sp³-hybridized carbons (Fsp3) is 0.444. The van der Waals surface area contributed by atoms with E-state index in [0.29, 0.717) is 37.3 Å². The SMILES string of the molecule is CNC(=O)c1ccc(S(=O)(=O)N2CCC(C(O)c3nccn3C)CC2)cc1. The predicted molar refractivity (Wildman–Crippen MR) is 99.5 cm³/mol. The van der Waals surface area contributed by atoms with Crippen LogP contribution in [-0.4, -0.2) is 53.4 Å². The molecule has 1 fully saturated rings. The highest BCUT2D eigenvalue weighted by molar-refractivity contribution is 7.89. The number of sulfonamides is 1. The molecule has 0 bridgehead atoms. The standard InChI is InChI=1S/C18H24N4O4S/c1-19-18(24)14-3-5-15(6-4-14)27(25,26)22-10-7-13(8-11-22)16(23)17-20-9-12-21(17)2/h3-6,9,12-13,16,23H,7-8,10-11H2,1-2H3,(H,19,24). The molecule has 0 spiro atoms. The Morgan fingerprint density at radius 2 is 1.89 bits per heavy atom. The van der Waals surface area contributed by atoms with Gasteiger partial charge >= 0.3 is 0 Å². The van der Waals surface area contributed by atoms with Gasteiger partial charge in [-0.05, 0) is 43.0 Å². The second kappa shape index (κ2) is 7.79. The number of hydrogen-bond donors (Lipinski definition) is 2. The van der Waals surface area contributed by atoms with E-state index in [1.165, 1.54) is 35.6 Å². The van der Waals surface area contributed by atoms with E-state index in [0.717, 1.165) is 0 Å². The Bertz CT molecular complexity index is 900. The number of aromatic nitrogens is 2. The fourth-order valence-electron chi connectivity index (χ4n) is 3.38. The molecule has 9 heteroatoms. The second-order valence-electron chi connectivity index (χ2n) is 6.69. The van der Waals surface area contributed by atoms with E-state index in [1.54, 1.807) is 17.0 Å². The van der Waals surface area contributed by atoms with Crippen molar-refractivity contribution in [1.82, 2.24) is 19.2 Å². The summed E-state index contributed by atoms with van der Waals surface area (Å²) in [5, 5.41) is 13.0. The van der Waals surface area contributed by atoms with Crippen LogP contribution in [0, 0.1) is 5.92 Å². The molecule has 8 nitrogen and oxygen atoms in total. The van der Waals surface area contributed by atoms with Gasteiger partial charge < -0.3 is 15.0 Å². The van der Waals surface area contributed by atoms with Gasteiger partial charge in [-0.2, -0.15) is 4.31 Å². The van der Waals surface area contributed by atoms with Crippen LogP contribution in [0.25, 0.3) is 0 Å². The summed E-state index contributed by atoms with van der Waals surface area (Å²) in [4.78, 5) is 15.9. The summed E-state index contributed by atoms with van der Waals surface area (Å²) < 4.78 is 28.9. The number of piperidine rings is 1. The first-order valence-electron chi connectivity index (χ1n) is 8.82. The summed E-state index contributed by atoms with van der Waals surface area (Å²) in [5.41, 5.74) is 0.411. The number of benzene rings is 1. The maximum Gasteiger partial charge on any atom is 0.251 e. The second-order valence-corrected chi connectivity index (χ2v) is 8.62. The third-order valence-corrected chi connectivity index (χ3v) is 6.96. The molecule has 2 N–H and O–H groups in total. The molecule has 1 aliphatic heterocycles. The molecular formula is C18H24N4O4S. The summed E-state index contributed by atoms with van der Waals surface area (Å²) in [5.74, 6) is 0.303. The minimum absolute atomic E-state index is 0.0341. The molecule has 1 aromatic heterocycles. The molecule has 1 amide bonds. The number of hydrogen-bond acceptors (Lipinski definition) is 5. The molecule has 0 saturated carbocycles. The number of nitrogens with one attached hydrogen (secondary N) is 1. The number of carbonyl (C=O) groups excluding carboxylic acids is 1. The molecule has 1 aromatic carbocycles. The molecule has 27 heavy (non-hydrogen) atoms. The molecule has 0 aliphatic carbocycles. The molecular weight excluding hydrogens is 368 g/mol. The van der Waals surface area contributed by atoms with Crippen LogP contribution >= 0.6 is 0 Å². The molecule has 1 saturated heterocycles. The highest BCUT2D eigenvalue weighted by Crippen LogP contribution is 2.31. The highest BCUT2D eigenvalue weighted by Gasteiger charge is 2.33. The van der Waals surface area contributed by atoms with Crippen LogP contribution < -0.4 is 5.32 Å². The Morgan fingerprint density at radius 1 is 1.26 bits per heavy atom. The molecule has 1 unspecified atom stereocenters. The van der Waals surface area contributed by atoms with Crippen LogP contribution in [0.3, 0.4) is 0 Å². The first-order chi connectivity index (χ1) is 12.8. The van der Waals surface area contributed by atoms with Crippen molar-refractivity contribution in [3.63, 3.8) is 0 Å². The summed E-state index contributed by atoms with van der Waals surface area (Å²) in [6, 6.07) is 5.91. The average Bonchev–Trinajstić information content (AvgIpc) is 3.13. The number of aliphatic hydroxyl groups is 1. The van der Waals surface area contributed by atoms with E-state index in [-0.39, 0.29) is 16.7 Å². The fourth-order valence-corrected chi connectivity index (χ4v) is 4.85. The van der Waals surface area contributed by atoms with Gasteiger partial charge in [0.2, 0.25) is 10.0 Å². The Kier molecular flexibility index (Phi) is 5.64. The molecule has 146 valence electrons. The van der Waals surface area contributed by atoms with Crippen molar-refractivity contribution < 1.29 is 18.3 Å². The number of imidazole rings is 1. The maximum absolute atomic E-state index is 12.8. The van der Waals surface area contributed by atoms with Crippen LogP contribution in [0.4, 0.5) is 0 Å². The van der Waals surface area contributed by atoms with Crippen LogP contribution in [-0.2, 0) is 17.1 Å². The van der Waals surface area contributed by atoms with E-state index in [4.69, 9.17) is 0 Å². The average molecular weight is 392 g/mol. The lowest BCUT2D eigenvalue weighted by Crippen LogP contribution is -2.40.